The number of methoxy groups -OCH3 is 1. The van der Waals surface area contributed by atoms with Gasteiger partial charge in [0.05, 0.1) is 6.61 Å². The highest BCUT2D eigenvalue weighted by Gasteiger charge is 2.28. The monoisotopic (exact) mass is 235 g/mol. The first kappa shape index (κ1) is 12.4. The number of piperidine rings is 1. The second-order valence-electron chi connectivity index (χ2n) is 4.88. The van der Waals surface area contributed by atoms with Gasteiger partial charge in [0.1, 0.15) is 11.4 Å². The lowest BCUT2D eigenvalue weighted by atomic mass is 9.94. The van der Waals surface area contributed by atoms with Crippen molar-refractivity contribution >= 4 is 0 Å². The molecule has 0 spiro atoms. The quantitative estimate of drug-likeness (QED) is 0.869. The Labute approximate surface area is 103 Å². The molecule has 2 rings (SSSR count). The van der Waals surface area contributed by atoms with Crippen LogP contribution in [0.4, 0.5) is 0 Å². The number of benzene rings is 1. The molecule has 0 atom stereocenters. The van der Waals surface area contributed by atoms with Crippen LogP contribution < -0.4 is 10.1 Å². The molecule has 94 valence electrons. The molecule has 3 nitrogen and oxygen atoms in total. The van der Waals surface area contributed by atoms with Crippen LogP contribution in [0.15, 0.2) is 24.3 Å². The second kappa shape index (κ2) is 5.52. The first-order valence-electron chi connectivity index (χ1n) is 6.19. The molecule has 1 saturated heterocycles. The van der Waals surface area contributed by atoms with E-state index in [0.717, 1.165) is 31.7 Å². The smallest absolute Gasteiger partial charge is 0.120 e. The van der Waals surface area contributed by atoms with Gasteiger partial charge in [-0.15, -0.1) is 0 Å². The van der Waals surface area contributed by atoms with Gasteiger partial charge in [-0.1, -0.05) is 12.1 Å². The van der Waals surface area contributed by atoms with Crippen LogP contribution in [0, 0.1) is 0 Å². The molecule has 1 N–H and O–H groups in total. The van der Waals surface area contributed by atoms with Gasteiger partial charge in [0.2, 0.25) is 0 Å². The van der Waals surface area contributed by atoms with E-state index >= 15 is 0 Å². The summed E-state index contributed by atoms with van der Waals surface area (Å²) in [7, 11) is 1.71. The summed E-state index contributed by atoms with van der Waals surface area (Å²) < 4.78 is 11.2. The van der Waals surface area contributed by atoms with Gasteiger partial charge in [-0.2, -0.15) is 0 Å². The van der Waals surface area contributed by atoms with Gasteiger partial charge in [-0.05, 0) is 50.6 Å². The maximum absolute atomic E-state index is 6.10. The zero-order valence-electron chi connectivity index (χ0n) is 10.7. The third-order valence-electron chi connectivity index (χ3n) is 3.26. The van der Waals surface area contributed by atoms with Crippen LogP contribution in [0.5, 0.6) is 5.75 Å². The summed E-state index contributed by atoms with van der Waals surface area (Å²) in [5.74, 6) is 0.953. The lowest BCUT2D eigenvalue weighted by molar-refractivity contribution is 0.0555. The minimum Gasteiger partial charge on any atom is -0.487 e. The molecule has 0 aromatic heterocycles. The molecular formula is C14H21NO2. The molecule has 1 aliphatic heterocycles. The molecule has 17 heavy (non-hydrogen) atoms. The van der Waals surface area contributed by atoms with Crippen molar-refractivity contribution in [2.75, 3.05) is 20.2 Å². The van der Waals surface area contributed by atoms with Crippen molar-refractivity contribution < 1.29 is 9.47 Å². The summed E-state index contributed by atoms with van der Waals surface area (Å²) in [6.07, 6.45) is 2.12. The van der Waals surface area contributed by atoms with Crippen molar-refractivity contribution in [3.63, 3.8) is 0 Å². The Morgan fingerprint density at radius 2 is 1.82 bits per heavy atom. The Morgan fingerprint density at radius 3 is 2.41 bits per heavy atom. The number of hydrogen-bond acceptors (Lipinski definition) is 3. The van der Waals surface area contributed by atoms with E-state index in [1.54, 1.807) is 7.11 Å². The maximum atomic E-state index is 6.10. The molecule has 0 saturated carbocycles. The van der Waals surface area contributed by atoms with Gasteiger partial charge in [0.15, 0.2) is 0 Å². The lowest BCUT2D eigenvalue weighted by Gasteiger charge is -2.34. The molecule has 0 unspecified atom stereocenters. The molecule has 0 radical (unpaired) electrons. The Hall–Kier alpha value is -1.06. The lowest BCUT2D eigenvalue weighted by Crippen LogP contribution is -2.43. The van der Waals surface area contributed by atoms with Crippen molar-refractivity contribution in [2.24, 2.45) is 0 Å². The fraction of sp³-hybridized carbons (Fsp3) is 0.571. The fourth-order valence-corrected chi connectivity index (χ4v) is 2.16. The van der Waals surface area contributed by atoms with Gasteiger partial charge < -0.3 is 14.8 Å². The van der Waals surface area contributed by atoms with Crippen molar-refractivity contribution in [1.82, 2.24) is 5.32 Å². The maximum Gasteiger partial charge on any atom is 0.120 e. The molecule has 1 aliphatic rings. The van der Waals surface area contributed by atoms with Gasteiger partial charge in [0, 0.05) is 7.11 Å². The van der Waals surface area contributed by atoms with E-state index in [1.165, 1.54) is 5.56 Å². The van der Waals surface area contributed by atoms with Gasteiger partial charge >= 0.3 is 0 Å². The standard InChI is InChI=1S/C14H21NO2/c1-14(7-9-15-10-8-14)17-13-5-3-12(4-6-13)11-16-2/h3-6,15H,7-11H2,1-2H3. The molecule has 1 heterocycles. The zero-order valence-corrected chi connectivity index (χ0v) is 10.7. The zero-order chi connectivity index (χ0) is 12.1. The number of hydrogen-bond donors (Lipinski definition) is 1. The summed E-state index contributed by atoms with van der Waals surface area (Å²) in [6.45, 7) is 4.93. The third kappa shape index (κ3) is 3.45. The largest absolute Gasteiger partial charge is 0.487 e. The van der Waals surface area contributed by atoms with E-state index in [-0.39, 0.29) is 5.60 Å². The summed E-state index contributed by atoms with van der Waals surface area (Å²) in [6, 6.07) is 8.18. The molecule has 0 amide bonds. The summed E-state index contributed by atoms with van der Waals surface area (Å²) in [5, 5.41) is 3.36. The highest BCUT2D eigenvalue weighted by molar-refractivity contribution is 5.27. The van der Waals surface area contributed by atoms with Crippen LogP contribution in [0.2, 0.25) is 0 Å². The predicted octanol–water partition coefficient (Wildman–Crippen LogP) is 2.35. The molecule has 1 aromatic carbocycles. The van der Waals surface area contributed by atoms with Crippen molar-refractivity contribution in [2.45, 2.75) is 32.0 Å². The number of rotatable bonds is 4. The highest BCUT2D eigenvalue weighted by atomic mass is 16.5. The average molecular weight is 235 g/mol. The minimum atomic E-state index is -0.0198. The van der Waals surface area contributed by atoms with Crippen LogP contribution >= 0.6 is 0 Å². The Balaban J connectivity index is 1.97. The van der Waals surface area contributed by atoms with Crippen molar-refractivity contribution in [3.05, 3.63) is 29.8 Å². The Morgan fingerprint density at radius 1 is 1.18 bits per heavy atom. The third-order valence-corrected chi connectivity index (χ3v) is 3.26. The molecule has 0 aliphatic carbocycles. The first-order chi connectivity index (χ1) is 8.22. The van der Waals surface area contributed by atoms with E-state index in [4.69, 9.17) is 9.47 Å². The van der Waals surface area contributed by atoms with E-state index in [0.29, 0.717) is 6.61 Å². The van der Waals surface area contributed by atoms with Gasteiger partial charge in [0.25, 0.3) is 0 Å². The first-order valence-corrected chi connectivity index (χ1v) is 6.19. The van der Waals surface area contributed by atoms with Crippen LogP contribution in [0.25, 0.3) is 0 Å². The van der Waals surface area contributed by atoms with E-state index in [1.807, 2.05) is 12.1 Å². The van der Waals surface area contributed by atoms with Crippen LogP contribution in [-0.4, -0.2) is 25.8 Å². The summed E-state index contributed by atoms with van der Waals surface area (Å²) >= 11 is 0. The number of nitrogens with one attached hydrogen (secondary N) is 1. The minimum absolute atomic E-state index is 0.0198. The van der Waals surface area contributed by atoms with E-state index in [9.17, 15) is 0 Å². The van der Waals surface area contributed by atoms with E-state index in [2.05, 4.69) is 24.4 Å². The molecule has 0 bridgehead atoms. The summed E-state index contributed by atoms with van der Waals surface area (Å²) in [4.78, 5) is 0. The van der Waals surface area contributed by atoms with E-state index < -0.39 is 0 Å². The summed E-state index contributed by atoms with van der Waals surface area (Å²) in [5.41, 5.74) is 1.16. The predicted molar refractivity (Wildman–Crippen MR) is 68.3 cm³/mol. The van der Waals surface area contributed by atoms with Crippen LogP contribution in [-0.2, 0) is 11.3 Å². The molecule has 1 aromatic rings. The van der Waals surface area contributed by atoms with Gasteiger partial charge in [-0.25, -0.2) is 0 Å². The number of ether oxygens (including phenoxy) is 2. The van der Waals surface area contributed by atoms with Gasteiger partial charge in [-0.3, -0.25) is 0 Å². The molecule has 1 fully saturated rings. The Kier molecular flexibility index (Phi) is 4.02. The Bertz CT molecular complexity index is 342. The normalized spacial score (nSPS) is 18.9. The van der Waals surface area contributed by atoms with Crippen molar-refractivity contribution in [3.8, 4) is 5.75 Å². The second-order valence-corrected chi connectivity index (χ2v) is 4.88. The molecular weight excluding hydrogens is 214 g/mol. The van der Waals surface area contributed by atoms with Crippen LogP contribution in [0.1, 0.15) is 25.3 Å². The highest BCUT2D eigenvalue weighted by Crippen LogP contribution is 2.26. The molecule has 3 heteroatoms. The average Bonchev–Trinajstić information content (AvgIpc) is 2.33. The topological polar surface area (TPSA) is 30.5 Å². The SMILES string of the molecule is COCc1ccc(OC2(C)CCNCC2)cc1. The van der Waals surface area contributed by atoms with Crippen molar-refractivity contribution in [1.29, 1.82) is 0 Å². The van der Waals surface area contributed by atoms with Crippen LogP contribution in [0.3, 0.4) is 0 Å². The fourth-order valence-electron chi connectivity index (χ4n) is 2.16.